The van der Waals surface area contributed by atoms with E-state index in [1.165, 1.54) is 20.3 Å². The van der Waals surface area contributed by atoms with Gasteiger partial charge in [0, 0.05) is 57.5 Å². The average Bonchev–Trinajstić information content (AvgIpc) is 2.58. The highest BCUT2D eigenvalue weighted by Gasteiger charge is 2.32. The summed E-state index contributed by atoms with van der Waals surface area (Å²) in [5.41, 5.74) is 10.9. The van der Waals surface area contributed by atoms with Gasteiger partial charge in [0.25, 0.3) is 20.0 Å². The number of para-hydroxylation sites is 2. The van der Waals surface area contributed by atoms with Crippen LogP contribution < -0.4 is 21.7 Å². The highest BCUT2D eigenvalue weighted by Crippen LogP contribution is 2.41. The van der Waals surface area contributed by atoms with E-state index in [2.05, 4.69) is 30.9 Å². The first-order valence-electron chi connectivity index (χ1n) is 27.1. The Morgan fingerprint density at radius 1 is 0.566 bits per heavy atom. The summed E-state index contributed by atoms with van der Waals surface area (Å²) >= 11 is 18.9. The summed E-state index contributed by atoms with van der Waals surface area (Å²) in [4.78, 5) is 41.2. The normalized spacial score (nSPS) is 17.3. The van der Waals surface area contributed by atoms with Crippen LogP contribution in [-0.4, -0.2) is 92.3 Å². The van der Waals surface area contributed by atoms with Gasteiger partial charge in [0.1, 0.15) is 11.2 Å². The molecule has 8 aromatic rings. The van der Waals surface area contributed by atoms with E-state index >= 15 is 0 Å². The van der Waals surface area contributed by atoms with E-state index in [4.69, 9.17) is 55.0 Å². The summed E-state index contributed by atoms with van der Waals surface area (Å²) in [5, 5.41) is 11.2. The molecule has 1 unspecified atom stereocenters. The third-order valence-electron chi connectivity index (χ3n) is 13.8. The Balaban J connectivity index is 0.000000184. The minimum absolute atomic E-state index is 0.0266. The SMILES string of the molecule is CC(C)(C)OC(=O)N[C@@H]1CC[C@H](N)C1.Cc1ccc(S(=O)(=O)n2c(C)c(-c3nc(Cl)ncc3Cl)c3ccccc32)cc1.Cc1ccc(S(=O)(=O)n2c(C)c(-c3nc(NC4CC[C@@H](NC(=O)OC(C)(C)C)C4)ncc3Cl)c3ccccc32)cc1. The number of anilines is 1. The van der Waals surface area contributed by atoms with E-state index in [9.17, 15) is 26.4 Å². The molecule has 83 heavy (non-hydrogen) atoms. The number of nitrogens with two attached hydrogens (primary N) is 1. The van der Waals surface area contributed by atoms with Gasteiger partial charge in [-0.05, 0) is 156 Å². The van der Waals surface area contributed by atoms with Gasteiger partial charge in [0.15, 0.2) is 0 Å². The molecule has 2 aliphatic carbocycles. The molecule has 2 saturated carbocycles. The number of hydrogen-bond acceptors (Lipinski definition) is 14. The van der Waals surface area contributed by atoms with Gasteiger partial charge in [-0.25, -0.2) is 54.3 Å². The molecule has 0 spiro atoms. The van der Waals surface area contributed by atoms with Crippen LogP contribution in [0, 0.1) is 27.7 Å². The molecule has 2 amide bonds. The number of ether oxygens (including phenoxy) is 2. The Bertz CT molecular complexity index is 3920. The molecule has 10 rings (SSSR count). The molecule has 4 aromatic carbocycles. The number of halogens is 3. The lowest BCUT2D eigenvalue weighted by molar-refractivity contribution is 0.0493. The Kier molecular flexibility index (Phi) is 18.9. The molecular formula is C60H69Cl3N10O8S2. The predicted molar refractivity (Wildman–Crippen MR) is 327 cm³/mol. The Hall–Kier alpha value is -6.81. The number of rotatable bonds is 10. The fourth-order valence-electron chi connectivity index (χ4n) is 10.2. The lowest BCUT2D eigenvalue weighted by Gasteiger charge is -2.22. The number of aryl methyl sites for hydroxylation is 2. The summed E-state index contributed by atoms with van der Waals surface area (Å²) in [7, 11) is -7.73. The second-order valence-corrected chi connectivity index (χ2v) is 27.5. The second kappa shape index (κ2) is 25.2. The van der Waals surface area contributed by atoms with Crippen molar-refractivity contribution in [1.29, 1.82) is 0 Å². The summed E-state index contributed by atoms with van der Waals surface area (Å²) < 4.78 is 67.8. The summed E-state index contributed by atoms with van der Waals surface area (Å²) in [6.07, 6.45) is 7.27. The van der Waals surface area contributed by atoms with E-state index in [0.717, 1.165) is 48.6 Å². The Morgan fingerprint density at radius 3 is 1.42 bits per heavy atom. The molecular weight excluding hydrogens is 1160 g/mol. The molecule has 0 bridgehead atoms. The molecule has 0 saturated heterocycles. The van der Waals surface area contributed by atoms with E-state index in [1.54, 1.807) is 80.6 Å². The smallest absolute Gasteiger partial charge is 0.407 e. The largest absolute Gasteiger partial charge is 0.444 e. The standard InChI is InChI=1S/C30H34ClN5O4S.C20H15Cl2N3O2S.C10H20N2O2/c1-18-10-14-22(15-11-18)41(38,39)36-19(2)26(23-8-6-7-9-25(23)36)27-24(31)17-32-28(35-27)33-20-12-13-21(16-20)34-29(37)40-30(3,4)5;1-12-7-9-14(10-8-12)28(26,27)25-13(2)18(15-5-3-4-6-17(15)25)19-16(21)11-23-20(22)24-19;1-10(2,3)14-9(13)12-8-5-4-7(11)6-8/h6-11,14-15,17,20-21H,12-13,16H2,1-5H3,(H,34,37)(H,32,33,35);3-11H,1-2H3;7-8H,4-6,11H2,1-3H3,(H,12,13)/t20?,21-;;7-,8+/m1.0/s1. The summed E-state index contributed by atoms with van der Waals surface area (Å²) in [6.45, 7) is 18.4. The number of benzene rings is 4. The first kappa shape index (κ1) is 62.2. The molecule has 0 radical (unpaired) electrons. The molecule has 2 fully saturated rings. The zero-order chi connectivity index (χ0) is 60.3. The van der Waals surface area contributed by atoms with Crippen molar-refractivity contribution in [1.82, 2.24) is 38.5 Å². The van der Waals surface area contributed by atoms with Crippen LogP contribution in [0.1, 0.15) is 103 Å². The van der Waals surface area contributed by atoms with Crippen molar-refractivity contribution in [2.24, 2.45) is 5.73 Å². The molecule has 5 N–H and O–H groups in total. The zero-order valence-electron chi connectivity index (χ0n) is 47.9. The number of carbonyl (C=O) groups excluding carboxylic acids is 2. The van der Waals surface area contributed by atoms with Crippen molar-refractivity contribution in [3.63, 3.8) is 0 Å². The number of fused-ring (bicyclic) bond motifs is 2. The fraction of sp³-hybridized carbons (Fsp3) is 0.367. The van der Waals surface area contributed by atoms with Gasteiger partial charge < -0.3 is 31.2 Å². The maximum atomic E-state index is 13.8. The van der Waals surface area contributed by atoms with Crippen molar-refractivity contribution in [2.75, 3.05) is 5.32 Å². The van der Waals surface area contributed by atoms with Crippen molar-refractivity contribution < 1.29 is 35.9 Å². The van der Waals surface area contributed by atoms with Crippen LogP contribution in [0.25, 0.3) is 44.3 Å². The van der Waals surface area contributed by atoms with Gasteiger partial charge in [0.2, 0.25) is 11.2 Å². The van der Waals surface area contributed by atoms with Crippen molar-refractivity contribution in [2.45, 2.75) is 153 Å². The third kappa shape index (κ3) is 14.8. The van der Waals surface area contributed by atoms with Crippen LogP contribution in [-0.2, 0) is 29.5 Å². The lowest BCUT2D eigenvalue weighted by Crippen LogP contribution is -2.38. The first-order valence-corrected chi connectivity index (χ1v) is 31.1. The second-order valence-electron chi connectivity index (χ2n) is 22.8. The van der Waals surface area contributed by atoms with E-state index in [-0.39, 0.29) is 45.3 Å². The molecule has 0 aliphatic heterocycles. The summed E-state index contributed by atoms with van der Waals surface area (Å²) in [6, 6.07) is 28.5. The number of nitrogens with one attached hydrogen (secondary N) is 3. The van der Waals surface area contributed by atoms with Gasteiger partial charge in [-0.3, -0.25) is 0 Å². The Morgan fingerprint density at radius 2 is 0.976 bits per heavy atom. The first-order chi connectivity index (χ1) is 39.0. The number of alkyl carbamates (subject to hydrolysis) is 2. The van der Waals surface area contributed by atoms with Crippen molar-refractivity contribution in [3.05, 3.63) is 147 Å². The molecule has 23 heteroatoms. The van der Waals surface area contributed by atoms with Crippen LogP contribution in [0.2, 0.25) is 15.3 Å². The highest BCUT2D eigenvalue weighted by molar-refractivity contribution is 7.90. The van der Waals surface area contributed by atoms with Crippen molar-refractivity contribution >= 4 is 94.8 Å². The molecule has 4 atom stereocenters. The maximum Gasteiger partial charge on any atom is 0.407 e. The third-order valence-corrected chi connectivity index (χ3v) is 18.2. The number of amides is 2. The Labute approximate surface area is 500 Å². The number of aromatic nitrogens is 6. The van der Waals surface area contributed by atoms with Gasteiger partial charge in [-0.1, -0.05) is 95.0 Å². The van der Waals surface area contributed by atoms with Gasteiger partial charge in [-0.2, -0.15) is 0 Å². The molecule has 18 nitrogen and oxygen atoms in total. The van der Waals surface area contributed by atoms with Gasteiger partial charge >= 0.3 is 12.2 Å². The molecule has 4 heterocycles. The summed E-state index contributed by atoms with van der Waals surface area (Å²) in [5.74, 6) is 0.380. The predicted octanol–water partition coefficient (Wildman–Crippen LogP) is 13.1. The maximum absolute atomic E-state index is 13.8. The van der Waals surface area contributed by atoms with E-state index in [0.29, 0.717) is 72.7 Å². The molecule has 4 aromatic heterocycles. The number of hydrogen-bond donors (Lipinski definition) is 4. The quantitative estimate of drug-likeness (QED) is 0.0931. The topological polar surface area (TPSA) is 244 Å². The van der Waals surface area contributed by atoms with Crippen molar-refractivity contribution in [3.8, 4) is 22.5 Å². The highest BCUT2D eigenvalue weighted by atomic mass is 35.5. The van der Waals surface area contributed by atoms with Crippen LogP contribution in [0.5, 0.6) is 0 Å². The minimum atomic E-state index is -3.90. The van der Waals surface area contributed by atoms with E-state index in [1.807, 2.05) is 85.7 Å². The lowest BCUT2D eigenvalue weighted by atomic mass is 10.1. The number of nitrogens with zero attached hydrogens (tertiary/aromatic N) is 6. The molecule has 2 aliphatic rings. The van der Waals surface area contributed by atoms with Gasteiger partial charge in [0.05, 0.1) is 54.7 Å². The molecule has 440 valence electrons. The van der Waals surface area contributed by atoms with Crippen LogP contribution >= 0.6 is 34.8 Å². The average molecular weight is 1230 g/mol. The van der Waals surface area contributed by atoms with Gasteiger partial charge in [-0.15, -0.1) is 0 Å². The monoisotopic (exact) mass is 1230 g/mol. The zero-order valence-corrected chi connectivity index (χ0v) is 51.8. The fourth-order valence-corrected chi connectivity index (χ4v) is 13.8. The number of carbonyl (C=O) groups is 2. The van der Waals surface area contributed by atoms with Crippen LogP contribution in [0.15, 0.2) is 119 Å². The minimum Gasteiger partial charge on any atom is -0.444 e. The van der Waals surface area contributed by atoms with Crippen LogP contribution in [0.4, 0.5) is 15.5 Å². The van der Waals surface area contributed by atoms with E-state index < -0.39 is 37.3 Å². The van der Waals surface area contributed by atoms with Crippen LogP contribution in [0.3, 0.4) is 0 Å².